The van der Waals surface area contributed by atoms with Gasteiger partial charge in [0.05, 0.1) is 19.6 Å². The average Bonchev–Trinajstić information content (AvgIpc) is 2.80. The summed E-state index contributed by atoms with van der Waals surface area (Å²) in [5.41, 5.74) is -1.23. The highest BCUT2D eigenvalue weighted by molar-refractivity contribution is 6.15. The molecule has 0 unspecified atom stereocenters. The standard InChI is InChI=1S/C24H23FN2O6/c1-27(2)11-5-10-26-24(30)23-20(22(29)16-13-15(25)7-9-17(16)33-23)21(28)14-6-8-18(31-3)19(12-14)32-4/h6-9,11-13H,5,10H2,1-4H3/p+1. The van der Waals surface area contributed by atoms with Crippen molar-refractivity contribution in [3.63, 3.8) is 0 Å². The molecule has 0 bridgehead atoms. The van der Waals surface area contributed by atoms with E-state index < -0.39 is 34.3 Å². The number of carbonyl (C=O) groups is 2. The summed E-state index contributed by atoms with van der Waals surface area (Å²) in [5.74, 6) is -1.95. The molecule has 1 N–H and O–H groups in total. The predicted molar refractivity (Wildman–Crippen MR) is 121 cm³/mol. The van der Waals surface area contributed by atoms with Crippen molar-refractivity contribution in [3.05, 3.63) is 69.3 Å². The van der Waals surface area contributed by atoms with Crippen LogP contribution in [0.3, 0.4) is 0 Å². The number of rotatable bonds is 8. The first kappa shape index (κ1) is 23.6. The van der Waals surface area contributed by atoms with Gasteiger partial charge in [0, 0.05) is 18.5 Å². The fraction of sp³-hybridized carbons (Fsp3) is 0.250. The summed E-state index contributed by atoms with van der Waals surface area (Å²) in [6.45, 7) is 0.256. The molecule has 0 aliphatic heterocycles. The second kappa shape index (κ2) is 10.1. The maximum absolute atomic E-state index is 13.8. The Morgan fingerprint density at radius 3 is 2.48 bits per heavy atom. The molecule has 0 saturated carbocycles. The van der Waals surface area contributed by atoms with Gasteiger partial charge in [0.15, 0.2) is 11.5 Å². The zero-order chi connectivity index (χ0) is 24.1. The molecule has 0 spiro atoms. The van der Waals surface area contributed by atoms with Gasteiger partial charge < -0.3 is 19.2 Å². The molecule has 3 aromatic rings. The quantitative estimate of drug-likeness (QED) is 0.243. The Morgan fingerprint density at radius 2 is 1.82 bits per heavy atom. The molecule has 1 amide bonds. The number of halogens is 1. The van der Waals surface area contributed by atoms with E-state index in [1.807, 2.05) is 24.9 Å². The Balaban J connectivity index is 2.13. The van der Waals surface area contributed by atoms with Crippen LogP contribution in [0.1, 0.15) is 32.9 Å². The first-order valence-electron chi connectivity index (χ1n) is 10.1. The van der Waals surface area contributed by atoms with Crippen LogP contribution in [0.15, 0.2) is 45.6 Å². The lowest BCUT2D eigenvalue weighted by Gasteiger charge is -2.11. The molecule has 0 fully saturated rings. The van der Waals surface area contributed by atoms with Crippen molar-refractivity contribution in [2.45, 2.75) is 6.42 Å². The molecule has 9 heteroatoms. The van der Waals surface area contributed by atoms with E-state index >= 15 is 0 Å². The third-order valence-electron chi connectivity index (χ3n) is 4.86. The second-order valence-corrected chi connectivity index (χ2v) is 7.37. The number of hydrogen-bond acceptors (Lipinski definition) is 6. The number of nitrogens with one attached hydrogen (secondary N) is 1. The van der Waals surface area contributed by atoms with Crippen LogP contribution in [0, 0.1) is 5.82 Å². The van der Waals surface area contributed by atoms with Crippen LogP contribution in [0.5, 0.6) is 11.5 Å². The topological polar surface area (TPSA) is 97.9 Å². The van der Waals surface area contributed by atoms with Crippen molar-refractivity contribution < 1.29 is 32.4 Å². The molecule has 0 aliphatic rings. The van der Waals surface area contributed by atoms with Crippen LogP contribution in [0.4, 0.5) is 4.39 Å². The number of hydrogen-bond donors (Lipinski definition) is 1. The lowest BCUT2D eigenvalue weighted by atomic mass is 9.99. The third kappa shape index (κ3) is 5.08. The number of ether oxygens (including phenoxy) is 2. The van der Waals surface area contributed by atoms with Crippen LogP contribution >= 0.6 is 0 Å². The average molecular weight is 455 g/mol. The summed E-state index contributed by atoms with van der Waals surface area (Å²) in [6, 6.07) is 7.66. The Morgan fingerprint density at radius 1 is 1.09 bits per heavy atom. The summed E-state index contributed by atoms with van der Waals surface area (Å²) in [4.78, 5) is 39.5. The van der Waals surface area contributed by atoms with E-state index in [4.69, 9.17) is 13.9 Å². The summed E-state index contributed by atoms with van der Waals surface area (Å²) in [5, 5.41) is 2.50. The third-order valence-corrected chi connectivity index (χ3v) is 4.86. The Kier molecular flexibility index (Phi) is 7.22. The molecule has 2 aromatic carbocycles. The molecule has 1 heterocycles. The fourth-order valence-electron chi connectivity index (χ4n) is 3.24. The van der Waals surface area contributed by atoms with E-state index in [2.05, 4.69) is 5.32 Å². The van der Waals surface area contributed by atoms with Gasteiger partial charge in [-0.2, -0.15) is 0 Å². The van der Waals surface area contributed by atoms with Crippen molar-refractivity contribution in [1.82, 2.24) is 5.32 Å². The molecular formula is C24H24FN2O6+. The van der Waals surface area contributed by atoms with Crippen LogP contribution in [-0.2, 0) is 0 Å². The highest BCUT2D eigenvalue weighted by Crippen LogP contribution is 2.29. The lowest BCUT2D eigenvalue weighted by molar-refractivity contribution is -0.460. The SMILES string of the molecule is COc1ccc(C(=O)c2c(C(=O)NCCC=[N+](C)C)oc3ccc(F)cc3c2=O)cc1OC. The molecule has 0 aliphatic carbocycles. The minimum absolute atomic E-state index is 0.00438. The summed E-state index contributed by atoms with van der Waals surface area (Å²) >= 11 is 0. The predicted octanol–water partition coefficient (Wildman–Crippen LogP) is 2.64. The normalized spacial score (nSPS) is 10.6. The van der Waals surface area contributed by atoms with Gasteiger partial charge in [0.1, 0.15) is 37.3 Å². The van der Waals surface area contributed by atoms with Crippen molar-refractivity contribution in [3.8, 4) is 11.5 Å². The minimum atomic E-state index is -0.805. The Bertz CT molecular complexity index is 1310. The largest absolute Gasteiger partial charge is 0.493 e. The highest BCUT2D eigenvalue weighted by Gasteiger charge is 2.27. The van der Waals surface area contributed by atoms with Crippen molar-refractivity contribution >= 4 is 28.9 Å². The van der Waals surface area contributed by atoms with Crippen LogP contribution in [0.2, 0.25) is 0 Å². The van der Waals surface area contributed by atoms with Gasteiger partial charge in [0.25, 0.3) is 5.91 Å². The van der Waals surface area contributed by atoms with E-state index in [1.54, 1.807) is 0 Å². The molecule has 0 radical (unpaired) electrons. The summed E-state index contributed by atoms with van der Waals surface area (Å²) in [6.07, 6.45) is 2.38. The molecule has 33 heavy (non-hydrogen) atoms. The van der Waals surface area contributed by atoms with Crippen LogP contribution in [0.25, 0.3) is 11.0 Å². The van der Waals surface area contributed by atoms with Gasteiger partial charge >= 0.3 is 0 Å². The molecule has 0 atom stereocenters. The monoisotopic (exact) mass is 455 g/mol. The van der Waals surface area contributed by atoms with Gasteiger partial charge in [-0.05, 0) is 36.4 Å². The van der Waals surface area contributed by atoms with Crippen molar-refractivity contribution in [1.29, 1.82) is 0 Å². The Hall–Kier alpha value is -4.01. The maximum Gasteiger partial charge on any atom is 0.287 e. The van der Waals surface area contributed by atoms with Crippen LogP contribution in [-0.4, -0.2) is 57.3 Å². The first-order valence-corrected chi connectivity index (χ1v) is 10.1. The minimum Gasteiger partial charge on any atom is -0.493 e. The Labute approximate surface area is 189 Å². The smallest absolute Gasteiger partial charge is 0.287 e. The van der Waals surface area contributed by atoms with Gasteiger partial charge in [-0.3, -0.25) is 14.4 Å². The molecule has 0 saturated heterocycles. The molecule has 172 valence electrons. The highest BCUT2D eigenvalue weighted by atomic mass is 19.1. The van der Waals surface area contributed by atoms with Crippen molar-refractivity contribution in [2.24, 2.45) is 0 Å². The zero-order valence-corrected chi connectivity index (χ0v) is 18.7. The number of benzene rings is 2. The number of fused-ring (bicyclic) bond motifs is 1. The number of amides is 1. The van der Waals surface area contributed by atoms with E-state index in [1.165, 1.54) is 38.5 Å². The summed E-state index contributed by atoms with van der Waals surface area (Å²) < 4.78 is 31.7. The molecular weight excluding hydrogens is 431 g/mol. The van der Waals surface area contributed by atoms with E-state index in [0.29, 0.717) is 12.2 Å². The summed E-state index contributed by atoms with van der Waals surface area (Å²) in [7, 11) is 6.55. The number of carbonyl (C=O) groups excluding carboxylic acids is 2. The van der Waals surface area contributed by atoms with Gasteiger partial charge in [-0.15, -0.1) is 0 Å². The lowest BCUT2D eigenvalue weighted by Crippen LogP contribution is -2.30. The van der Waals surface area contributed by atoms with E-state index in [-0.39, 0.29) is 28.8 Å². The van der Waals surface area contributed by atoms with Gasteiger partial charge in [-0.25, -0.2) is 8.97 Å². The maximum atomic E-state index is 13.8. The zero-order valence-electron chi connectivity index (χ0n) is 18.7. The van der Waals surface area contributed by atoms with Crippen molar-refractivity contribution in [2.75, 3.05) is 34.9 Å². The second-order valence-electron chi connectivity index (χ2n) is 7.37. The van der Waals surface area contributed by atoms with E-state index in [0.717, 1.165) is 12.1 Å². The van der Waals surface area contributed by atoms with E-state index in [9.17, 15) is 18.8 Å². The van der Waals surface area contributed by atoms with Gasteiger partial charge in [0.2, 0.25) is 17.0 Å². The fourth-order valence-corrected chi connectivity index (χ4v) is 3.24. The number of methoxy groups -OCH3 is 2. The molecule has 3 rings (SSSR count). The van der Waals surface area contributed by atoms with Gasteiger partial charge in [-0.1, -0.05) is 0 Å². The van der Waals surface area contributed by atoms with Crippen LogP contribution < -0.4 is 20.2 Å². The number of ketones is 1. The number of nitrogens with zero attached hydrogens (tertiary/aromatic N) is 1. The first-order chi connectivity index (χ1) is 15.8. The molecule has 8 nitrogen and oxygen atoms in total. The molecule has 1 aromatic heterocycles.